The molecule has 4 rings (SSSR count). The summed E-state index contributed by atoms with van der Waals surface area (Å²) in [5, 5.41) is 1.88. The molecule has 0 aliphatic carbocycles. The molecule has 4 aromatic rings. The molecular formula is C24H23NO5. The fourth-order valence-electron chi connectivity index (χ4n) is 3.69. The van der Waals surface area contributed by atoms with Crippen LogP contribution in [0, 0.1) is 13.8 Å². The lowest BCUT2D eigenvalue weighted by Gasteiger charge is -2.13. The van der Waals surface area contributed by atoms with E-state index in [2.05, 4.69) is 0 Å². The standard InChI is InChI=1S/C24H23NO5/c1-15-11-23(26)25(21-8-6-17(28-3)13-20(15)21)9-4-10-29-18-5-7-19-16(2)12-24(27)30-22(19)14-18/h5-8,11-14H,4,9-10H2,1-3H3. The van der Waals surface area contributed by atoms with E-state index in [9.17, 15) is 9.59 Å². The van der Waals surface area contributed by atoms with Gasteiger partial charge in [0.15, 0.2) is 0 Å². The summed E-state index contributed by atoms with van der Waals surface area (Å²) in [5.74, 6) is 1.39. The van der Waals surface area contributed by atoms with E-state index in [1.54, 1.807) is 23.8 Å². The molecule has 6 heteroatoms. The third kappa shape index (κ3) is 3.81. The number of ether oxygens (including phenoxy) is 2. The van der Waals surface area contributed by atoms with E-state index in [1.807, 2.05) is 44.2 Å². The number of pyridine rings is 1. The summed E-state index contributed by atoms with van der Waals surface area (Å²) in [7, 11) is 1.63. The van der Waals surface area contributed by atoms with Crippen LogP contribution in [0.5, 0.6) is 11.5 Å². The van der Waals surface area contributed by atoms with Crippen molar-refractivity contribution in [2.75, 3.05) is 13.7 Å². The minimum absolute atomic E-state index is 0.0341. The van der Waals surface area contributed by atoms with Crippen LogP contribution in [-0.2, 0) is 6.54 Å². The lowest BCUT2D eigenvalue weighted by Crippen LogP contribution is -2.21. The Morgan fingerprint density at radius 3 is 2.47 bits per heavy atom. The Hall–Kier alpha value is -3.54. The Labute approximate surface area is 173 Å². The van der Waals surface area contributed by atoms with Crippen molar-refractivity contribution in [1.29, 1.82) is 0 Å². The fourth-order valence-corrected chi connectivity index (χ4v) is 3.69. The first-order valence-corrected chi connectivity index (χ1v) is 9.82. The topological polar surface area (TPSA) is 70.7 Å². The minimum Gasteiger partial charge on any atom is -0.497 e. The maximum atomic E-state index is 12.5. The third-order valence-corrected chi connectivity index (χ3v) is 5.24. The van der Waals surface area contributed by atoms with Gasteiger partial charge in [0, 0.05) is 35.5 Å². The predicted octanol–water partition coefficient (Wildman–Crippen LogP) is 4.20. The molecule has 2 aromatic heterocycles. The van der Waals surface area contributed by atoms with Crippen LogP contribution in [0.3, 0.4) is 0 Å². The number of benzene rings is 2. The highest BCUT2D eigenvalue weighted by atomic mass is 16.5. The Morgan fingerprint density at radius 1 is 0.900 bits per heavy atom. The first-order chi connectivity index (χ1) is 14.5. The second-order valence-corrected chi connectivity index (χ2v) is 7.31. The van der Waals surface area contributed by atoms with Gasteiger partial charge in [0.25, 0.3) is 5.56 Å². The first-order valence-electron chi connectivity index (χ1n) is 9.82. The highest BCUT2D eigenvalue weighted by Crippen LogP contribution is 2.24. The van der Waals surface area contributed by atoms with E-state index in [4.69, 9.17) is 13.9 Å². The molecule has 6 nitrogen and oxygen atoms in total. The van der Waals surface area contributed by atoms with Crippen molar-refractivity contribution in [3.8, 4) is 11.5 Å². The number of nitrogens with zero attached hydrogens (tertiary/aromatic N) is 1. The van der Waals surface area contributed by atoms with Crippen molar-refractivity contribution < 1.29 is 13.9 Å². The summed E-state index contributed by atoms with van der Waals surface area (Å²) in [6, 6.07) is 14.3. The number of methoxy groups -OCH3 is 1. The molecule has 0 fully saturated rings. The van der Waals surface area contributed by atoms with E-state index in [1.165, 1.54) is 6.07 Å². The van der Waals surface area contributed by atoms with E-state index in [-0.39, 0.29) is 11.2 Å². The van der Waals surface area contributed by atoms with Crippen LogP contribution in [0.2, 0.25) is 0 Å². The van der Waals surface area contributed by atoms with Gasteiger partial charge in [-0.05, 0) is 61.7 Å². The summed E-state index contributed by atoms with van der Waals surface area (Å²) in [6.07, 6.45) is 0.653. The molecular weight excluding hydrogens is 382 g/mol. The van der Waals surface area contributed by atoms with E-state index >= 15 is 0 Å². The molecule has 0 radical (unpaired) electrons. The summed E-state index contributed by atoms with van der Waals surface area (Å²) >= 11 is 0. The Kier molecular flexibility index (Phi) is 5.31. The van der Waals surface area contributed by atoms with Crippen molar-refractivity contribution in [3.05, 3.63) is 80.4 Å². The third-order valence-electron chi connectivity index (χ3n) is 5.24. The van der Waals surface area contributed by atoms with Crippen molar-refractivity contribution in [2.24, 2.45) is 0 Å². The lowest BCUT2D eigenvalue weighted by molar-refractivity contribution is 0.302. The molecule has 0 unspecified atom stereocenters. The van der Waals surface area contributed by atoms with Crippen LogP contribution in [0.4, 0.5) is 0 Å². The lowest BCUT2D eigenvalue weighted by atomic mass is 10.1. The average molecular weight is 405 g/mol. The van der Waals surface area contributed by atoms with Crippen LogP contribution in [-0.4, -0.2) is 18.3 Å². The molecule has 0 aliphatic rings. The zero-order valence-electron chi connectivity index (χ0n) is 17.2. The number of hydrogen-bond acceptors (Lipinski definition) is 5. The van der Waals surface area contributed by atoms with E-state index in [0.29, 0.717) is 30.9 Å². The van der Waals surface area contributed by atoms with Crippen LogP contribution < -0.4 is 20.7 Å². The molecule has 0 saturated carbocycles. The fraction of sp³-hybridized carbons (Fsp3) is 0.250. The number of hydrogen-bond donors (Lipinski definition) is 0. The molecule has 0 saturated heterocycles. The summed E-state index contributed by atoms with van der Waals surface area (Å²) in [5.41, 5.74) is 2.77. The number of aromatic nitrogens is 1. The maximum Gasteiger partial charge on any atom is 0.336 e. The SMILES string of the molecule is COc1ccc2c(c1)c(C)cc(=O)n2CCCOc1ccc2c(C)cc(=O)oc2c1. The molecule has 0 N–H and O–H groups in total. The highest BCUT2D eigenvalue weighted by molar-refractivity contribution is 5.84. The monoisotopic (exact) mass is 405 g/mol. The summed E-state index contributed by atoms with van der Waals surface area (Å²) in [4.78, 5) is 24.1. The van der Waals surface area contributed by atoms with Gasteiger partial charge in [0.1, 0.15) is 17.1 Å². The van der Waals surface area contributed by atoms with Crippen LogP contribution in [0.1, 0.15) is 17.5 Å². The van der Waals surface area contributed by atoms with Gasteiger partial charge in [-0.25, -0.2) is 4.79 Å². The predicted molar refractivity (Wildman–Crippen MR) is 117 cm³/mol. The zero-order chi connectivity index (χ0) is 21.3. The molecule has 30 heavy (non-hydrogen) atoms. The highest BCUT2D eigenvalue weighted by Gasteiger charge is 2.08. The molecule has 0 spiro atoms. The smallest absolute Gasteiger partial charge is 0.336 e. The van der Waals surface area contributed by atoms with Crippen LogP contribution in [0.15, 0.2) is 62.5 Å². The normalized spacial score (nSPS) is 11.2. The van der Waals surface area contributed by atoms with Crippen LogP contribution >= 0.6 is 0 Å². The zero-order valence-corrected chi connectivity index (χ0v) is 17.2. The summed E-state index contributed by atoms with van der Waals surface area (Å²) in [6.45, 7) is 4.76. The quantitative estimate of drug-likeness (QED) is 0.355. The molecule has 0 atom stereocenters. The van der Waals surface area contributed by atoms with Crippen molar-refractivity contribution in [2.45, 2.75) is 26.8 Å². The number of fused-ring (bicyclic) bond motifs is 2. The van der Waals surface area contributed by atoms with Gasteiger partial charge in [-0.1, -0.05) is 0 Å². The van der Waals surface area contributed by atoms with Crippen LogP contribution in [0.25, 0.3) is 21.9 Å². The van der Waals surface area contributed by atoms with Gasteiger partial charge >= 0.3 is 5.63 Å². The van der Waals surface area contributed by atoms with Gasteiger partial charge < -0.3 is 18.5 Å². The maximum absolute atomic E-state index is 12.5. The van der Waals surface area contributed by atoms with Gasteiger partial charge in [-0.15, -0.1) is 0 Å². The van der Waals surface area contributed by atoms with Crippen molar-refractivity contribution in [3.63, 3.8) is 0 Å². The van der Waals surface area contributed by atoms with Crippen molar-refractivity contribution in [1.82, 2.24) is 4.57 Å². The number of rotatable bonds is 6. The Bertz CT molecular complexity index is 1350. The molecule has 2 aromatic carbocycles. The largest absolute Gasteiger partial charge is 0.497 e. The molecule has 0 aliphatic heterocycles. The summed E-state index contributed by atoms with van der Waals surface area (Å²) < 4.78 is 18.2. The molecule has 154 valence electrons. The van der Waals surface area contributed by atoms with E-state index in [0.717, 1.165) is 33.2 Å². The first kappa shape index (κ1) is 19.8. The van der Waals surface area contributed by atoms with Gasteiger partial charge in [-0.2, -0.15) is 0 Å². The van der Waals surface area contributed by atoms with Gasteiger partial charge in [0.05, 0.1) is 19.2 Å². The minimum atomic E-state index is -0.376. The second kappa shape index (κ2) is 8.06. The average Bonchev–Trinajstić information content (AvgIpc) is 2.72. The second-order valence-electron chi connectivity index (χ2n) is 7.31. The van der Waals surface area contributed by atoms with Gasteiger partial charge in [0.2, 0.25) is 0 Å². The van der Waals surface area contributed by atoms with Crippen molar-refractivity contribution >= 4 is 21.9 Å². The molecule has 0 amide bonds. The number of aryl methyl sites for hydroxylation is 3. The van der Waals surface area contributed by atoms with E-state index < -0.39 is 0 Å². The Balaban J connectivity index is 1.50. The molecule has 0 bridgehead atoms. The van der Waals surface area contributed by atoms with Gasteiger partial charge in [-0.3, -0.25) is 4.79 Å². The molecule has 2 heterocycles. The Morgan fingerprint density at radius 2 is 1.67 bits per heavy atom.